The van der Waals surface area contributed by atoms with Gasteiger partial charge in [0.2, 0.25) is 0 Å². The standard InChI is InChI=1S/C19H12Cl4O5S/c20-12-7-3-1-5-10(12)19(29(26,27)28,11-6-2-4-8-13(11)21)16-14(24)9-15(25)17(22)18(16)23/h1-9,24-25H,(H,26,27,28). The molecular weight excluding hydrogens is 482 g/mol. The quantitative estimate of drug-likeness (QED) is 0.311. The third-order valence-electron chi connectivity index (χ3n) is 4.41. The fourth-order valence-corrected chi connectivity index (χ4v) is 5.83. The maximum atomic E-state index is 13.0. The molecule has 0 saturated heterocycles. The van der Waals surface area contributed by atoms with Crippen molar-refractivity contribution in [2.24, 2.45) is 0 Å². The van der Waals surface area contributed by atoms with E-state index in [4.69, 9.17) is 46.4 Å². The van der Waals surface area contributed by atoms with Crippen molar-refractivity contribution in [2.75, 3.05) is 0 Å². The van der Waals surface area contributed by atoms with Gasteiger partial charge in [0, 0.05) is 32.8 Å². The molecule has 3 rings (SSSR count). The topological polar surface area (TPSA) is 94.8 Å². The Labute approximate surface area is 186 Å². The normalized spacial score (nSPS) is 12.2. The van der Waals surface area contributed by atoms with Crippen molar-refractivity contribution in [3.63, 3.8) is 0 Å². The van der Waals surface area contributed by atoms with Crippen LogP contribution in [0.25, 0.3) is 0 Å². The number of hydrogen-bond acceptors (Lipinski definition) is 4. The fraction of sp³-hybridized carbons (Fsp3) is 0.0526. The summed E-state index contributed by atoms with van der Waals surface area (Å²) in [5, 5.41) is 19.5. The van der Waals surface area contributed by atoms with E-state index in [0.29, 0.717) is 0 Å². The first-order valence-electron chi connectivity index (χ1n) is 7.91. The number of phenols is 2. The molecule has 152 valence electrons. The van der Waals surface area contributed by atoms with Crippen LogP contribution < -0.4 is 0 Å². The van der Waals surface area contributed by atoms with Gasteiger partial charge in [0.25, 0.3) is 10.1 Å². The molecule has 0 heterocycles. The van der Waals surface area contributed by atoms with Crippen molar-refractivity contribution in [3.8, 4) is 11.5 Å². The molecule has 0 aliphatic rings. The summed E-state index contributed by atoms with van der Waals surface area (Å²) in [6.07, 6.45) is 0. The van der Waals surface area contributed by atoms with E-state index in [1.807, 2.05) is 0 Å². The van der Waals surface area contributed by atoms with E-state index in [-0.39, 0.29) is 21.2 Å². The largest absolute Gasteiger partial charge is 0.507 e. The Kier molecular flexibility index (Phi) is 5.98. The van der Waals surface area contributed by atoms with Crippen LogP contribution in [-0.2, 0) is 14.9 Å². The maximum Gasteiger partial charge on any atom is 0.283 e. The Hall–Kier alpha value is -1.67. The molecule has 0 unspecified atom stereocenters. The van der Waals surface area contributed by atoms with E-state index >= 15 is 0 Å². The Morgan fingerprint density at radius 1 is 0.724 bits per heavy atom. The molecule has 0 aliphatic carbocycles. The van der Waals surface area contributed by atoms with E-state index < -0.39 is 42.0 Å². The second-order valence-electron chi connectivity index (χ2n) is 6.03. The molecule has 0 saturated carbocycles. The van der Waals surface area contributed by atoms with Crippen LogP contribution in [0.5, 0.6) is 11.5 Å². The number of rotatable bonds is 4. The average molecular weight is 494 g/mol. The molecule has 0 radical (unpaired) electrons. The zero-order valence-corrected chi connectivity index (χ0v) is 18.1. The van der Waals surface area contributed by atoms with Gasteiger partial charge in [-0.2, -0.15) is 8.42 Å². The number of halogens is 4. The third-order valence-corrected chi connectivity index (χ3v) is 7.35. The average Bonchev–Trinajstić information content (AvgIpc) is 2.64. The van der Waals surface area contributed by atoms with Crippen molar-refractivity contribution < 1.29 is 23.2 Å². The minimum Gasteiger partial charge on any atom is -0.507 e. The van der Waals surface area contributed by atoms with Crippen LogP contribution in [0.1, 0.15) is 16.7 Å². The molecule has 10 heteroatoms. The highest BCUT2D eigenvalue weighted by Gasteiger charge is 2.53. The monoisotopic (exact) mass is 492 g/mol. The van der Waals surface area contributed by atoms with Gasteiger partial charge in [-0.25, -0.2) is 0 Å². The smallest absolute Gasteiger partial charge is 0.283 e. The van der Waals surface area contributed by atoms with Gasteiger partial charge in [-0.05, 0) is 12.1 Å². The predicted molar refractivity (Wildman–Crippen MR) is 114 cm³/mol. The zero-order chi connectivity index (χ0) is 21.6. The number of benzene rings is 3. The van der Waals surface area contributed by atoms with Gasteiger partial charge in [-0.15, -0.1) is 0 Å². The van der Waals surface area contributed by atoms with Crippen molar-refractivity contribution >= 4 is 56.5 Å². The van der Waals surface area contributed by atoms with E-state index in [9.17, 15) is 23.2 Å². The lowest BCUT2D eigenvalue weighted by Gasteiger charge is -2.35. The second-order valence-corrected chi connectivity index (χ2v) is 9.17. The Balaban J connectivity index is 2.69. The SMILES string of the molecule is O=S(=O)(O)C(c1ccccc1Cl)(c1ccccc1Cl)c1c(O)cc(O)c(Cl)c1Cl. The van der Waals surface area contributed by atoms with Crippen molar-refractivity contribution in [3.05, 3.63) is 91.4 Å². The van der Waals surface area contributed by atoms with E-state index in [1.165, 1.54) is 36.4 Å². The number of phenolic OH excluding ortho intramolecular Hbond substituents is 2. The number of aromatic hydroxyl groups is 2. The molecule has 0 aromatic heterocycles. The Morgan fingerprint density at radius 3 is 1.59 bits per heavy atom. The lowest BCUT2D eigenvalue weighted by Crippen LogP contribution is -2.39. The van der Waals surface area contributed by atoms with Crippen molar-refractivity contribution in [1.82, 2.24) is 0 Å². The highest BCUT2D eigenvalue weighted by Crippen LogP contribution is 2.55. The van der Waals surface area contributed by atoms with Crippen LogP contribution in [0.3, 0.4) is 0 Å². The van der Waals surface area contributed by atoms with Crippen molar-refractivity contribution in [2.45, 2.75) is 4.75 Å². The van der Waals surface area contributed by atoms with Crippen LogP contribution in [0.15, 0.2) is 54.6 Å². The van der Waals surface area contributed by atoms with Gasteiger partial charge in [0.1, 0.15) is 16.5 Å². The molecule has 3 aromatic carbocycles. The highest BCUT2D eigenvalue weighted by molar-refractivity contribution is 7.87. The molecule has 0 fully saturated rings. The fourth-order valence-electron chi connectivity index (χ4n) is 3.25. The summed E-state index contributed by atoms with van der Waals surface area (Å²) >= 11 is 24.9. The Bertz CT molecular complexity index is 1170. The molecule has 0 bridgehead atoms. The van der Waals surface area contributed by atoms with E-state index in [2.05, 4.69) is 0 Å². The summed E-state index contributed by atoms with van der Waals surface area (Å²) < 4.78 is 34.0. The zero-order valence-electron chi connectivity index (χ0n) is 14.3. The maximum absolute atomic E-state index is 13.0. The summed E-state index contributed by atoms with van der Waals surface area (Å²) in [5.41, 5.74) is -0.766. The van der Waals surface area contributed by atoms with Gasteiger partial charge in [0.05, 0.1) is 5.02 Å². The third kappa shape index (κ3) is 3.44. The highest BCUT2D eigenvalue weighted by atomic mass is 35.5. The first-order chi connectivity index (χ1) is 13.5. The first kappa shape index (κ1) is 22.0. The molecule has 0 atom stereocenters. The van der Waals surface area contributed by atoms with Crippen molar-refractivity contribution in [1.29, 1.82) is 0 Å². The molecule has 0 spiro atoms. The van der Waals surface area contributed by atoms with Gasteiger partial charge in [0.15, 0.2) is 4.75 Å². The molecule has 0 aliphatic heterocycles. The minimum absolute atomic E-state index is 0.0512. The summed E-state index contributed by atoms with van der Waals surface area (Å²) in [6, 6.07) is 12.4. The van der Waals surface area contributed by atoms with Gasteiger partial charge in [-0.3, -0.25) is 4.55 Å². The summed E-state index contributed by atoms with van der Waals surface area (Å²) in [6.45, 7) is 0. The van der Waals surface area contributed by atoms with E-state index in [1.54, 1.807) is 12.1 Å². The first-order valence-corrected chi connectivity index (χ1v) is 10.9. The van der Waals surface area contributed by atoms with Gasteiger partial charge in [-0.1, -0.05) is 82.8 Å². The molecule has 3 aromatic rings. The van der Waals surface area contributed by atoms with Crippen LogP contribution in [0.2, 0.25) is 20.1 Å². The molecular formula is C19H12Cl4O5S. The summed E-state index contributed by atoms with van der Waals surface area (Å²) in [7, 11) is -5.16. The molecule has 3 N–H and O–H groups in total. The minimum atomic E-state index is -5.16. The lowest BCUT2D eigenvalue weighted by molar-refractivity contribution is 0.431. The summed E-state index contributed by atoms with van der Waals surface area (Å²) in [5.74, 6) is -1.32. The van der Waals surface area contributed by atoms with Crippen LogP contribution in [0.4, 0.5) is 0 Å². The van der Waals surface area contributed by atoms with Crippen LogP contribution in [0, 0.1) is 0 Å². The predicted octanol–water partition coefficient (Wildman–Crippen LogP) is 5.89. The Morgan fingerprint density at radius 2 is 1.17 bits per heavy atom. The van der Waals surface area contributed by atoms with E-state index in [0.717, 1.165) is 6.07 Å². The molecule has 0 amide bonds. The lowest BCUT2D eigenvalue weighted by atomic mass is 9.83. The molecule has 29 heavy (non-hydrogen) atoms. The second kappa shape index (κ2) is 7.87. The van der Waals surface area contributed by atoms with Crippen LogP contribution in [-0.4, -0.2) is 23.2 Å². The van der Waals surface area contributed by atoms with Gasteiger partial charge >= 0.3 is 0 Å². The number of hydrogen-bond donors (Lipinski definition) is 3. The van der Waals surface area contributed by atoms with Crippen LogP contribution >= 0.6 is 46.4 Å². The summed E-state index contributed by atoms with van der Waals surface area (Å²) in [4.78, 5) is 0. The van der Waals surface area contributed by atoms with Gasteiger partial charge < -0.3 is 10.2 Å². The molecule has 5 nitrogen and oxygen atoms in total.